The number of amides is 1. The van der Waals surface area contributed by atoms with Crippen molar-refractivity contribution in [1.29, 1.82) is 0 Å². The fourth-order valence-corrected chi connectivity index (χ4v) is 1.97. The standard InChI is InChI=1S/C15H20N4O/c1-12-14(15(20)18(3)10-9-16-2)11-19(17-12)13-7-5-4-6-8-13/h4-8,11,16H,9-10H2,1-3H3. The average Bonchev–Trinajstić information content (AvgIpc) is 2.87. The number of likely N-dealkylation sites (N-methyl/N-ethyl adjacent to an activating group) is 2. The number of aromatic nitrogens is 2. The van der Waals surface area contributed by atoms with Crippen LogP contribution in [0.1, 0.15) is 16.1 Å². The van der Waals surface area contributed by atoms with Crippen molar-refractivity contribution in [3.05, 3.63) is 47.8 Å². The van der Waals surface area contributed by atoms with Crippen LogP contribution in [-0.2, 0) is 0 Å². The van der Waals surface area contributed by atoms with Gasteiger partial charge in [-0.15, -0.1) is 0 Å². The average molecular weight is 272 g/mol. The van der Waals surface area contributed by atoms with Crippen molar-refractivity contribution >= 4 is 5.91 Å². The molecule has 1 N–H and O–H groups in total. The highest BCUT2D eigenvalue weighted by atomic mass is 16.2. The molecule has 106 valence electrons. The van der Waals surface area contributed by atoms with Gasteiger partial charge in [0.05, 0.1) is 16.9 Å². The lowest BCUT2D eigenvalue weighted by Crippen LogP contribution is -2.32. The summed E-state index contributed by atoms with van der Waals surface area (Å²) < 4.78 is 1.74. The highest BCUT2D eigenvalue weighted by Crippen LogP contribution is 2.13. The normalized spacial score (nSPS) is 10.6. The van der Waals surface area contributed by atoms with Gasteiger partial charge in [-0.2, -0.15) is 5.10 Å². The summed E-state index contributed by atoms with van der Waals surface area (Å²) in [5.41, 5.74) is 2.34. The van der Waals surface area contributed by atoms with E-state index < -0.39 is 0 Å². The topological polar surface area (TPSA) is 50.2 Å². The van der Waals surface area contributed by atoms with Gasteiger partial charge >= 0.3 is 0 Å². The Balaban J connectivity index is 2.21. The molecule has 0 aliphatic carbocycles. The van der Waals surface area contributed by atoms with Crippen LogP contribution < -0.4 is 5.32 Å². The molecule has 20 heavy (non-hydrogen) atoms. The number of nitrogens with zero attached hydrogens (tertiary/aromatic N) is 3. The lowest BCUT2D eigenvalue weighted by Gasteiger charge is -2.16. The van der Waals surface area contributed by atoms with Gasteiger partial charge in [0.25, 0.3) is 5.91 Å². The number of rotatable bonds is 5. The molecule has 1 aromatic heterocycles. The van der Waals surface area contributed by atoms with Crippen LogP contribution in [0.4, 0.5) is 0 Å². The second-order valence-corrected chi connectivity index (χ2v) is 4.74. The molecule has 0 spiro atoms. The van der Waals surface area contributed by atoms with E-state index in [0.717, 1.165) is 17.9 Å². The molecule has 0 fully saturated rings. The Bertz CT molecular complexity index is 577. The van der Waals surface area contributed by atoms with E-state index >= 15 is 0 Å². The van der Waals surface area contributed by atoms with Crippen molar-refractivity contribution in [2.75, 3.05) is 27.2 Å². The van der Waals surface area contributed by atoms with Crippen LogP contribution in [0.3, 0.4) is 0 Å². The Kier molecular flexibility index (Phi) is 4.53. The summed E-state index contributed by atoms with van der Waals surface area (Å²) in [4.78, 5) is 14.1. The van der Waals surface area contributed by atoms with E-state index in [9.17, 15) is 4.79 Å². The molecule has 0 saturated heterocycles. The smallest absolute Gasteiger partial charge is 0.257 e. The first kappa shape index (κ1) is 14.3. The van der Waals surface area contributed by atoms with E-state index in [-0.39, 0.29) is 5.91 Å². The molecular weight excluding hydrogens is 252 g/mol. The zero-order valence-corrected chi connectivity index (χ0v) is 12.1. The van der Waals surface area contributed by atoms with Gasteiger partial charge in [0.15, 0.2) is 0 Å². The third kappa shape index (κ3) is 3.05. The number of carbonyl (C=O) groups excluding carboxylic acids is 1. The molecule has 0 bridgehead atoms. The molecule has 0 unspecified atom stereocenters. The first-order chi connectivity index (χ1) is 9.63. The minimum Gasteiger partial charge on any atom is -0.340 e. The lowest BCUT2D eigenvalue weighted by atomic mass is 10.2. The lowest BCUT2D eigenvalue weighted by molar-refractivity contribution is 0.0796. The first-order valence-corrected chi connectivity index (χ1v) is 6.65. The monoisotopic (exact) mass is 272 g/mol. The molecule has 0 aliphatic rings. The Morgan fingerprint density at radius 3 is 2.70 bits per heavy atom. The van der Waals surface area contributed by atoms with Gasteiger partial charge in [-0.1, -0.05) is 18.2 Å². The third-order valence-electron chi connectivity index (χ3n) is 3.19. The molecule has 0 atom stereocenters. The molecule has 5 nitrogen and oxygen atoms in total. The maximum absolute atomic E-state index is 12.4. The first-order valence-electron chi connectivity index (χ1n) is 6.65. The molecule has 1 heterocycles. The van der Waals surface area contributed by atoms with Gasteiger partial charge in [0, 0.05) is 26.3 Å². The summed E-state index contributed by atoms with van der Waals surface area (Å²) in [6.07, 6.45) is 1.79. The molecule has 1 amide bonds. The zero-order chi connectivity index (χ0) is 14.5. The van der Waals surface area contributed by atoms with E-state index in [1.165, 1.54) is 0 Å². The molecule has 0 aliphatic heterocycles. The van der Waals surface area contributed by atoms with Gasteiger partial charge in [0.1, 0.15) is 0 Å². The van der Waals surface area contributed by atoms with Crippen LogP contribution in [0, 0.1) is 6.92 Å². The summed E-state index contributed by atoms with van der Waals surface area (Å²) in [7, 11) is 3.68. The number of nitrogens with one attached hydrogen (secondary N) is 1. The van der Waals surface area contributed by atoms with E-state index in [2.05, 4.69) is 10.4 Å². The van der Waals surface area contributed by atoms with Crippen molar-refractivity contribution in [2.45, 2.75) is 6.92 Å². The molecule has 5 heteroatoms. The molecule has 2 aromatic rings. The zero-order valence-electron chi connectivity index (χ0n) is 12.1. The molecular formula is C15H20N4O. The highest BCUT2D eigenvalue weighted by molar-refractivity contribution is 5.95. The van der Waals surface area contributed by atoms with Crippen molar-refractivity contribution < 1.29 is 4.79 Å². The Labute approximate surface area is 119 Å². The second kappa shape index (κ2) is 6.34. The molecule has 0 saturated carbocycles. The number of para-hydroxylation sites is 1. The summed E-state index contributed by atoms with van der Waals surface area (Å²) in [5, 5.41) is 7.45. The summed E-state index contributed by atoms with van der Waals surface area (Å²) in [5.74, 6) is -0.0000638. The van der Waals surface area contributed by atoms with Crippen LogP contribution in [-0.4, -0.2) is 47.8 Å². The summed E-state index contributed by atoms with van der Waals surface area (Å²) >= 11 is 0. The fraction of sp³-hybridized carbons (Fsp3) is 0.333. The fourth-order valence-electron chi connectivity index (χ4n) is 1.97. The SMILES string of the molecule is CNCCN(C)C(=O)c1cn(-c2ccccc2)nc1C. The summed E-state index contributed by atoms with van der Waals surface area (Å²) in [6.45, 7) is 3.30. The quantitative estimate of drug-likeness (QED) is 0.897. The Hall–Kier alpha value is -2.14. The number of benzene rings is 1. The number of hydrogen-bond acceptors (Lipinski definition) is 3. The minimum absolute atomic E-state index is 0.0000638. The van der Waals surface area contributed by atoms with Gasteiger partial charge in [-0.25, -0.2) is 4.68 Å². The Morgan fingerprint density at radius 2 is 2.05 bits per heavy atom. The van der Waals surface area contributed by atoms with Gasteiger partial charge in [-0.05, 0) is 26.1 Å². The van der Waals surface area contributed by atoms with Crippen LogP contribution in [0.5, 0.6) is 0 Å². The van der Waals surface area contributed by atoms with Crippen LogP contribution in [0.15, 0.2) is 36.5 Å². The van der Waals surface area contributed by atoms with Crippen LogP contribution in [0.2, 0.25) is 0 Å². The van der Waals surface area contributed by atoms with E-state index in [4.69, 9.17) is 0 Å². The third-order valence-corrected chi connectivity index (χ3v) is 3.19. The van der Waals surface area contributed by atoms with Crippen LogP contribution >= 0.6 is 0 Å². The maximum atomic E-state index is 12.4. The maximum Gasteiger partial charge on any atom is 0.257 e. The van der Waals surface area contributed by atoms with Crippen LogP contribution in [0.25, 0.3) is 5.69 Å². The van der Waals surface area contributed by atoms with Crippen molar-refractivity contribution in [2.24, 2.45) is 0 Å². The van der Waals surface area contributed by atoms with Crippen molar-refractivity contribution in [1.82, 2.24) is 20.0 Å². The Morgan fingerprint density at radius 1 is 1.35 bits per heavy atom. The van der Waals surface area contributed by atoms with Crippen molar-refractivity contribution in [3.63, 3.8) is 0 Å². The predicted octanol–water partition coefficient (Wildman–Crippen LogP) is 1.47. The van der Waals surface area contributed by atoms with Gasteiger partial charge < -0.3 is 10.2 Å². The van der Waals surface area contributed by atoms with Gasteiger partial charge in [0.2, 0.25) is 0 Å². The number of aryl methyl sites for hydroxylation is 1. The highest BCUT2D eigenvalue weighted by Gasteiger charge is 2.17. The number of carbonyl (C=O) groups is 1. The molecule has 2 rings (SSSR count). The minimum atomic E-state index is -0.0000638. The second-order valence-electron chi connectivity index (χ2n) is 4.74. The predicted molar refractivity (Wildman–Crippen MR) is 79.2 cm³/mol. The molecule has 1 aromatic carbocycles. The van der Waals surface area contributed by atoms with E-state index in [1.807, 2.05) is 44.3 Å². The number of hydrogen-bond donors (Lipinski definition) is 1. The largest absolute Gasteiger partial charge is 0.340 e. The van der Waals surface area contributed by atoms with Crippen molar-refractivity contribution in [3.8, 4) is 5.69 Å². The van der Waals surface area contributed by atoms with Gasteiger partial charge in [-0.3, -0.25) is 4.79 Å². The van der Waals surface area contributed by atoms with E-state index in [1.54, 1.807) is 22.8 Å². The van der Waals surface area contributed by atoms with E-state index in [0.29, 0.717) is 12.1 Å². The molecule has 0 radical (unpaired) electrons. The summed E-state index contributed by atoms with van der Waals surface area (Å²) in [6, 6.07) is 9.79.